The van der Waals surface area contributed by atoms with Gasteiger partial charge in [0.25, 0.3) is 0 Å². The number of hydrogen-bond donors (Lipinski definition) is 1. The lowest BCUT2D eigenvalue weighted by Crippen LogP contribution is -2.53. The average Bonchev–Trinajstić information content (AvgIpc) is 2.94. The summed E-state index contributed by atoms with van der Waals surface area (Å²) in [5.74, 6) is 0.486. The van der Waals surface area contributed by atoms with Crippen molar-refractivity contribution in [2.45, 2.75) is 18.9 Å². The van der Waals surface area contributed by atoms with Gasteiger partial charge in [0.15, 0.2) is 0 Å². The highest BCUT2D eigenvalue weighted by atomic mass is 19.1. The Morgan fingerprint density at radius 2 is 2.26 bits per heavy atom. The highest BCUT2D eigenvalue weighted by Gasteiger charge is 2.42. The van der Waals surface area contributed by atoms with Crippen LogP contribution in [0.1, 0.15) is 12.0 Å². The van der Waals surface area contributed by atoms with Gasteiger partial charge in [-0.15, -0.1) is 0 Å². The van der Waals surface area contributed by atoms with Crippen LogP contribution in [0.2, 0.25) is 0 Å². The van der Waals surface area contributed by atoms with Crippen LogP contribution in [0.3, 0.4) is 0 Å². The monoisotopic (exact) mass is 315 g/mol. The van der Waals surface area contributed by atoms with Crippen LogP contribution in [0, 0.1) is 12.7 Å². The third-order valence-electron chi connectivity index (χ3n) is 4.72. The van der Waals surface area contributed by atoms with E-state index in [0.29, 0.717) is 18.6 Å². The molecule has 2 saturated heterocycles. The number of nitrogens with one attached hydrogen (secondary N) is 1. The second-order valence-corrected chi connectivity index (χ2v) is 6.38. The molecule has 0 bridgehead atoms. The molecular weight excluding hydrogens is 297 g/mol. The molecule has 1 amide bonds. The molecule has 2 aliphatic rings. The fourth-order valence-corrected chi connectivity index (χ4v) is 3.40. The number of pyridine rings is 1. The zero-order valence-electron chi connectivity index (χ0n) is 12.9. The van der Waals surface area contributed by atoms with Crippen LogP contribution in [0.25, 0.3) is 10.9 Å². The van der Waals surface area contributed by atoms with Gasteiger partial charge in [0, 0.05) is 24.5 Å². The molecule has 3 heterocycles. The molecule has 1 atom stereocenters. The molecule has 2 fully saturated rings. The van der Waals surface area contributed by atoms with Gasteiger partial charge < -0.3 is 15.0 Å². The fourth-order valence-electron chi connectivity index (χ4n) is 3.40. The van der Waals surface area contributed by atoms with Gasteiger partial charge in [-0.3, -0.25) is 4.79 Å². The van der Waals surface area contributed by atoms with E-state index in [2.05, 4.69) is 15.2 Å². The number of carbonyl (C=O) groups is 1. The zero-order chi connectivity index (χ0) is 16.0. The van der Waals surface area contributed by atoms with Crippen molar-refractivity contribution in [1.82, 2.24) is 10.3 Å². The van der Waals surface area contributed by atoms with Gasteiger partial charge in [-0.2, -0.15) is 0 Å². The Morgan fingerprint density at radius 3 is 3.04 bits per heavy atom. The maximum Gasteiger partial charge on any atom is 0.246 e. The van der Waals surface area contributed by atoms with Crippen molar-refractivity contribution in [3.8, 4) is 0 Å². The maximum atomic E-state index is 13.5. The Morgan fingerprint density at radius 1 is 1.39 bits per heavy atom. The first-order valence-electron chi connectivity index (χ1n) is 7.77. The van der Waals surface area contributed by atoms with Gasteiger partial charge in [-0.25, -0.2) is 9.37 Å². The number of morpholine rings is 1. The van der Waals surface area contributed by atoms with Gasteiger partial charge >= 0.3 is 0 Å². The Labute approximate surface area is 133 Å². The van der Waals surface area contributed by atoms with Crippen molar-refractivity contribution >= 4 is 22.6 Å². The molecule has 2 aliphatic heterocycles. The lowest BCUT2D eigenvalue weighted by atomic mass is 10.0. The Kier molecular flexibility index (Phi) is 3.23. The van der Waals surface area contributed by atoms with Crippen molar-refractivity contribution in [2.75, 3.05) is 31.1 Å². The number of rotatable bonds is 1. The number of anilines is 1. The van der Waals surface area contributed by atoms with E-state index in [-0.39, 0.29) is 23.9 Å². The van der Waals surface area contributed by atoms with Crippen molar-refractivity contribution < 1.29 is 13.9 Å². The number of amides is 1. The van der Waals surface area contributed by atoms with E-state index >= 15 is 0 Å². The van der Waals surface area contributed by atoms with E-state index in [1.165, 1.54) is 12.1 Å². The van der Waals surface area contributed by atoms with Crippen LogP contribution < -0.4 is 10.2 Å². The third kappa shape index (κ3) is 2.53. The normalized spacial score (nSPS) is 24.4. The minimum atomic E-state index is -0.333. The van der Waals surface area contributed by atoms with Crippen LogP contribution in [-0.4, -0.2) is 42.7 Å². The summed E-state index contributed by atoms with van der Waals surface area (Å²) in [5.41, 5.74) is 1.41. The van der Waals surface area contributed by atoms with Crippen molar-refractivity contribution in [2.24, 2.45) is 0 Å². The Bertz CT molecular complexity index is 783. The molecule has 1 unspecified atom stereocenters. The highest BCUT2D eigenvalue weighted by Crippen LogP contribution is 2.31. The quantitative estimate of drug-likeness (QED) is 0.871. The largest absolute Gasteiger partial charge is 0.361 e. The molecular formula is C17H18FN3O2. The summed E-state index contributed by atoms with van der Waals surface area (Å²) >= 11 is 0. The number of ether oxygens (including phenoxy) is 1. The van der Waals surface area contributed by atoms with Crippen molar-refractivity contribution in [1.29, 1.82) is 0 Å². The summed E-state index contributed by atoms with van der Waals surface area (Å²) < 4.78 is 19.3. The number of fused-ring (bicyclic) bond motifs is 1. The highest BCUT2D eigenvalue weighted by molar-refractivity contribution is 5.84. The van der Waals surface area contributed by atoms with Crippen LogP contribution in [0.5, 0.6) is 0 Å². The molecule has 1 aromatic carbocycles. The molecule has 23 heavy (non-hydrogen) atoms. The van der Waals surface area contributed by atoms with Gasteiger partial charge in [0.1, 0.15) is 23.8 Å². The standard InChI is InChI=1S/C17H18FN3O2/c1-11-6-15(20-14-7-12(18)2-3-13(11)14)21-5-4-17(10-21)9-19-16(22)8-23-17/h2-3,6-7H,4-5,8-10H2,1H3,(H,19,22). The number of nitrogens with zero attached hydrogens (tertiary/aromatic N) is 2. The number of carbonyl (C=O) groups excluding carboxylic acids is 1. The predicted octanol–water partition coefficient (Wildman–Crippen LogP) is 1.78. The van der Waals surface area contributed by atoms with Crippen molar-refractivity contribution in [3.05, 3.63) is 35.6 Å². The predicted molar refractivity (Wildman–Crippen MR) is 85.0 cm³/mol. The van der Waals surface area contributed by atoms with Gasteiger partial charge in [-0.05, 0) is 37.1 Å². The van der Waals surface area contributed by atoms with Crippen LogP contribution in [-0.2, 0) is 9.53 Å². The molecule has 0 saturated carbocycles. The SMILES string of the molecule is Cc1cc(N2CCC3(CNC(=O)CO3)C2)nc2cc(F)ccc12. The lowest BCUT2D eigenvalue weighted by molar-refractivity contribution is -0.141. The molecule has 0 aliphatic carbocycles. The Hall–Kier alpha value is -2.21. The summed E-state index contributed by atoms with van der Waals surface area (Å²) in [4.78, 5) is 18.0. The average molecular weight is 315 g/mol. The Balaban J connectivity index is 1.64. The molecule has 1 aromatic heterocycles. The number of aryl methyl sites for hydroxylation is 1. The summed E-state index contributed by atoms with van der Waals surface area (Å²) in [6, 6.07) is 6.72. The smallest absolute Gasteiger partial charge is 0.246 e. The van der Waals surface area contributed by atoms with Crippen LogP contribution in [0.15, 0.2) is 24.3 Å². The van der Waals surface area contributed by atoms with E-state index in [0.717, 1.165) is 29.7 Å². The first kappa shape index (κ1) is 14.4. The van der Waals surface area contributed by atoms with E-state index in [1.54, 1.807) is 6.07 Å². The second-order valence-electron chi connectivity index (χ2n) is 6.38. The zero-order valence-corrected chi connectivity index (χ0v) is 12.9. The van der Waals surface area contributed by atoms with E-state index < -0.39 is 0 Å². The summed E-state index contributed by atoms with van der Waals surface area (Å²) in [7, 11) is 0. The molecule has 6 heteroatoms. The van der Waals surface area contributed by atoms with Gasteiger partial charge in [-0.1, -0.05) is 0 Å². The lowest BCUT2D eigenvalue weighted by Gasteiger charge is -2.33. The number of halogens is 1. The third-order valence-corrected chi connectivity index (χ3v) is 4.72. The molecule has 120 valence electrons. The van der Waals surface area contributed by atoms with Crippen LogP contribution >= 0.6 is 0 Å². The summed E-state index contributed by atoms with van der Waals surface area (Å²) in [5, 5.41) is 3.84. The second kappa shape index (κ2) is 5.16. The molecule has 4 rings (SSSR count). The van der Waals surface area contributed by atoms with Gasteiger partial charge in [0.05, 0.1) is 12.1 Å². The van der Waals surface area contributed by atoms with E-state index in [9.17, 15) is 9.18 Å². The number of hydrogen-bond acceptors (Lipinski definition) is 4. The first-order valence-corrected chi connectivity index (χ1v) is 7.77. The van der Waals surface area contributed by atoms with Crippen LogP contribution in [0.4, 0.5) is 10.2 Å². The van der Waals surface area contributed by atoms with E-state index in [4.69, 9.17) is 4.74 Å². The fraction of sp³-hybridized carbons (Fsp3) is 0.412. The number of aromatic nitrogens is 1. The van der Waals surface area contributed by atoms with E-state index in [1.807, 2.05) is 13.0 Å². The van der Waals surface area contributed by atoms with Crippen molar-refractivity contribution in [3.63, 3.8) is 0 Å². The minimum Gasteiger partial charge on any atom is -0.361 e. The number of benzene rings is 1. The molecule has 5 nitrogen and oxygen atoms in total. The molecule has 1 spiro atoms. The molecule has 0 radical (unpaired) electrons. The maximum absolute atomic E-state index is 13.5. The molecule has 1 N–H and O–H groups in total. The minimum absolute atomic E-state index is 0.0655. The van der Waals surface area contributed by atoms with Gasteiger partial charge in [0.2, 0.25) is 5.91 Å². The summed E-state index contributed by atoms with van der Waals surface area (Å²) in [6.07, 6.45) is 0.842. The molecule has 2 aromatic rings. The summed E-state index contributed by atoms with van der Waals surface area (Å²) in [6.45, 7) is 4.14. The topological polar surface area (TPSA) is 54.5 Å². The first-order chi connectivity index (χ1) is 11.0.